The summed E-state index contributed by atoms with van der Waals surface area (Å²) >= 11 is 3.47. The van der Waals surface area contributed by atoms with Crippen molar-refractivity contribution in [2.24, 2.45) is 0 Å². The van der Waals surface area contributed by atoms with E-state index in [1.807, 2.05) is 61.3 Å². The Morgan fingerprint density at radius 3 is 2.35 bits per heavy atom. The van der Waals surface area contributed by atoms with E-state index in [-0.39, 0.29) is 5.91 Å². The molecule has 1 heterocycles. The lowest BCUT2D eigenvalue weighted by atomic mass is 9.93. The Morgan fingerprint density at radius 1 is 0.925 bits per heavy atom. The van der Waals surface area contributed by atoms with Crippen LogP contribution in [0.25, 0.3) is 11.1 Å². The van der Waals surface area contributed by atoms with Gasteiger partial charge < -0.3 is 10.4 Å². The van der Waals surface area contributed by atoms with Crippen LogP contribution in [0.3, 0.4) is 0 Å². The second-order valence-corrected chi connectivity index (χ2v) is 12.4. The first-order valence-corrected chi connectivity index (χ1v) is 16.7. The van der Waals surface area contributed by atoms with Gasteiger partial charge in [0.1, 0.15) is 6.04 Å². The highest BCUT2D eigenvalue weighted by Gasteiger charge is 2.33. The molecule has 3 aromatic rings. The molecule has 0 radical (unpaired) electrons. The standard InChI is InChI=1S/C33H40N2O3S2/c1-23-9-7-8-12-28(23)30-20-25(13-16-29(30)32(36)34-31(33(37)38)17-18-39-2)21-35-26(14-15-27(35)22-40-3)19-24-10-5-4-6-11-24/h4-13,16,20,26-27,31H,14-15,17-19,21-22H2,1-3H3,(H,34,36)(H,37,38)/t26-,27+,31-/m0/s1. The molecule has 1 aliphatic rings. The molecule has 40 heavy (non-hydrogen) atoms. The third kappa shape index (κ3) is 7.71. The number of amides is 1. The van der Waals surface area contributed by atoms with Gasteiger partial charge in [0.25, 0.3) is 5.91 Å². The van der Waals surface area contributed by atoms with Crippen LogP contribution in [0.1, 0.15) is 46.3 Å². The molecular formula is C33H40N2O3S2. The number of carboxylic acid groups (broad SMARTS) is 1. The van der Waals surface area contributed by atoms with Crippen molar-refractivity contribution in [2.45, 2.75) is 57.3 Å². The van der Waals surface area contributed by atoms with Gasteiger partial charge in [-0.2, -0.15) is 23.5 Å². The molecule has 212 valence electrons. The van der Waals surface area contributed by atoms with Gasteiger partial charge in [0.05, 0.1) is 0 Å². The molecule has 5 nitrogen and oxygen atoms in total. The first kappa shape index (κ1) is 30.2. The Kier molecular flexibility index (Phi) is 11.2. The molecule has 0 aromatic heterocycles. The van der Waals surface area contributed by atoms with Crippen molar-refractivity contribution in [3.05, 3.63) is 95.1 Å². The molecule has 1 saturated heterocycles. The number of benzene rings is 3. The lowest BCUT2D eigenvalue weighted by Crippen LogP contribution is -2.41. The van der Waals surface area contributed by atoms with Crippen molar-refractivity contribution in [1.82, 2.24) is 10.2 Å². The topological polar surface area (TPSA) is 69.6 Å². The normalized spacial score (nSPS) is 18.0. The highest BCUT2D eigenvalue weighted by atomic mass is 32.2. The molecule has 3 atom stereocenters. The Morgan fingerprint density at radius 2 is 1.65 bits per heavy atom. The predicted octanol–water partition coefficient (Wildman–Crippen LogP) is 6.54. The number of nitrogens with zero attached hydrogens (tertiary/aromatic N) is 1. The molecule has 2 N–H and O–H groups in total. The molecule has 1 amide bonds. The van der Waals surface area contributed by atoms with Gasteiger partial charge in [0, 0.05) is 29.9 Å². The minimum atomic E-state index is -1.00. The van der Waals surface area contributed by atoms with Crippen molar-refractivity contribution in [3.63, 3.8) is 0 Å². The van der Waals surface area contributed by atoms with Gasteiger partial charge in [-0.05, 0) is 90.8 Å². The Bertz CT molecular complexity index is 1280. The second kappa shape index (κ2) is 14.8. The van der Waals surface area contributed by atoms with Gasteiger partial charge in [-0.1, -0.05) is 60.7 Å². The molecule has 0 saturated carbocycles. The minimum Gasteiger partial charge on any atom is -0.480 e. The largest absolute Gasteiger partial charge is 0.480 e. The maximum absolute atomic E-state index is 13.5. The predicted molar refractivity (Wildman–Crippen MR) is 169 cm³/mol. The number of hydrogen-bond donors (Lipinski definition) is 2. The second-order valence-electron chi connectivity index (χ2n) is 10.5. The fraction of sp³-hybridized carbons (Fsp3) is 0.394. The zero-order chi connectivity index (χ0) is 28.5. The summed E-state index contributed by atoms with van der Waals surface area (Å²) in [6, 6.07) is 24.9. The molecule has 0 spiro atoms. The monoisotopic (exact) mass is 576 g/mol. The summed E-state index contributed by atoms with van der Waals surface area (Å²) < 4.78 is 0. The first-order valence-electron chi connectivity index (χ1n) is 13.9. The highest BCUT2D eigenvalue weighted by Crippen LogP contribution is 2.33. The lowest BCUT2D eigenvalue weighted by Gasteiger charge is -2.30. The number of carbonyl (C=O) groups is 2. The van der Waals surface area contributed by atoms with Gasteiger partial charge in [-0.3, -0.25) is 9.69 Å². The fourth-order valence-corrected chi connectivity index (χ4v) is 6.89. The van der Waals surface area contributed by atoms with Gasteiger partial charge in [-0.25, -0.2) is 4.79 Å². The van der Waals surface area contributed by atoms with Crippen LogP contribution in [-0.2, 0) is 17.8 Å². The van der Waals surface area contributed by atoms with Crippen LogP contribution < -0.4 is 5.32 Å². The summed E-state index contributed by atoms with van der Waals surface area (Å²) in [5.74, 6) is 0.414. The number of likely N-dealkylation sites (tertiary alicyclic amines) is 1. The van der Waals surface area contributed by atoms with Crippen LogP contribution in [0.15, 0.2) is 72.8 Å². The van der Waals surface area contributed by atoms with E-state index in [9.17, 15) is 14.7 Å². The number of rotatable bonds is 13. The summed E-state index contributed by atoms with van der Waals surface area (Å²) in [4.78, 5) is 28.0. The highest BCUT2D eigenvalue weighted by molar-refractivity contribution is 7.98. The van der Waals surface area contributed by atoms with Crippen molar-refractivity contribution in [2.75, 3.05) is 24.0 Å². The number of thioether (sulfide) groups is 2. The summed E-state index contributed by atoms with van der Waals surface area (Å²) in [6.07, 6.45) is 7.90. The summed E-state index contributed by atoms with van der Waals surface area (Å²) in [7, 11) is 0. The van der Waals surface area contributed by atoms with E-state index in [1.165, 1.54) is 18.4 Å². The zero-order valence-corrected chi connectivity index (χ0v) is 25.3. The minimum absolute atomic E-state index is 0.346. The molecule has 7 heteroatoms. The summed E-state index contributed by atoms with van der Waals surface area (Å²) in [5.41, 5.74) is 5.96. The first-order chi connectivity index (χ1) is 19.4. The molecule has 4 rings (SSSR count). The third-order valence-electron chi connectivity index (χ3n) is 7.79. The van der Waals surface area contributed by atoms with Crippen LogP contribution >= 0.6 is 23.5 Å². The summed E-state index contributed by atoms with van der Waals surface area (Å²) in [6.45, 7) is 2.86. The Hall–Kier alpha value is -2.74. The summed E-state index contributed by atoms with van der Waals surface area (Å²) in [5, 5.41) is 12.5. The average Bonchev–Trinajstić information content (AvgIpc) is 3.32. The average molecular weight is 577 g/mol. The van der Waals surface area contributed by atoms with E-state index >= 15 is 0 Å². The molecule has 0 aliphatic carbocycles. The van der Waals surface area contributed by atoms with Crippen LogP contribution in [-0.4, -0.2) is 64.0 Å². The Balaban J connectivity index is 1.65. The van der Waals surface area contributed by atoms with Crippen molar-refractivity contribution in [1.29, 1.82) is 0 Å². The van der Waals surface area contributed by atoms with Crippen LogP contribution in [0, 0.1) is 6.92 Å². The smallest absolute Gasteiger partial charge is 0.326 e. The number of aryl methyl sites for hydroxylation is 1. The maximum Gasteiger partial charge on any atom is 0.326 e. The molecule has 1 fully saturated rings. The van der Waals surface area contributed by atoms with Gasteiger partial charge in [0.15, 0.2) is 0 Å². The molecule has 1 aliphatic heterocycles. The van der Waals surface area contributed by atoms with E-state index in [2.05, 4.69) is 52.9 Å². The van der Waals surface area contributed by atoms with E-state index < -0.39 is 12.0 Å². The molecular weight excluding hydrogens is 537 g/mol. The van der Waals surface area contributed by atoms with Crippen molar-refractivity contribution >= 4 is 35.4 Å². The molecule has 0 bridgehead atoms. The van der Waals surface area contributed by atoms with E-state index in [0.717, 1.165) is 41.0 Å². The lowest BCUT2D eigenvalue weighted by molar-refractivity contribution is -0.139. The van der Waals surface area contributed by atoms with Crippen molar-refractivity contribution < 1.29 is 14.7 Å². The number of nitrogens with one attached hydrogen (secondary N) is 1. The molecule has 0 unspecified atom stereocenters. The molecule has 3 aromatic carbocycles. The van der Waals surface area contributed by atoms with Crippen molar-refractivity contribution in [3.8, 4) is 11.1 Å². The van der Waals surface area contributed by atoms with Gasteiger partial charge in [-0.15, -0.1) is 0 Å². The maximum atomic E-state index is 13.5. The van der Waals surface area contributed by atoms with Crippen LogP contribution in [0.2, 0.25) is 0 Å². The van der Waals surface area contributed by atoms with Crippen LogP contribution in [0.4, 0.5) is 0 Å². The number of carbonyl (C=O) groups excluding carboxylic acids is 1. The SMILES string of the molecule is CSCC[C@H](NC(=O)c1ccc(CN2[C@@H](CSC)CC[C@H]2Cc2ccccc2)cc1-c1ccccc1C)C(=O)O. The quantitative estimate of drug-likeness (QED) is 0.241. The van der Waals surface area contributed by atoms with Gasteiger partial charge >= 0.3 is 5.97 Å². The zero-order valence-electron chi connectivity index (χ0n) is 23.6. The van der Waals surface area contributed by atoms with E-state index in [4.69, 9.17) is 0 Å². The number of aliphatic carboxylic acids is 1. The number of hydrogen-bond acceptors (Lipinski definition) is 5. The Labute approximate surface area is 247 Å². The fourth-order valence-electron chi connectivity index (χ4n) is 5.68. The van der Waals surface area contributed by atoms with E-state index in [0.29, 0.717) is 29.8 Å². The van der Waals surface area contributed by atoms with Crippen LogP contribution in [0.5, 0.6) is 0 Å². The number of carboxylic acids is 1. The van der Waals surface area contributed by atoms with E-state index in [1.54, 1.807) is 11.8 Å². The van der Waals surface area contributed by atoms with Gasteiger partial charge in [0.2, 0.25) is 0 Å². The third-order valence-corrected chi connectivity index (χ3v) is 9.15.